The fraction of sp³-hybridized carbons (Fsp3) is 0.364. The molecule has 0 aromatic heterocycles. The van der Waals surface area contributed by atoms with Gasteiger partial charge in [-0.25, -0.2) is 0 Å². The van der Waals surface area contributed by atoms with Crippen molar-refractivity contribution in [2.24, 2.45) is 0 Å². The van der Waals surface area contributed by atoms with E-state index in [0.717, 1.165) is 11.1 Å². The minimum atomic E-state index is -1.07. The summed E-state index contributed by atoms with van der Waals surface area (Å²) in [7, 11) is 1.50. The lowest BCUT2D eigenvalue weighted by atomic mass is 10.0. The molecule has 3 nitrogen and oxygen atoms in total. The van der Waals surface area contributed by atoms with Crippen LogP contribution in [0.15, 0.2) is 12.1 Å². The molecule has 0 aliphatic carbocycles. The third kappa shape index (κ3) is 2.42. The molecule has 0 aliphatic heterocycles. The molecule has 0 saturated heterocycles. The number of benzene rings is 1. The molecule has 0 saturated carbocycles. The largest absolute Gasteiger partial charge is 0.496 e. The van der Waals surface area contributed by atoms with Gasteiger partial charge in [0.15, 0.2) is 5.38 Å². The van der Waals surface area contributed by atoms with Gasteiger partial charge in [-0.3, -0.25) is 4.79 Å². The van der Waals surface area contributed by atoms with E-state index in [-0.39, 0.29) is 0 Å². The van der Waals surface area contributed by atoms with Gasteiger partial charge in [-0.1, -0.05) is 6.07 Å². The molecule has 0 heterocycles. The number of aliphatic carboxylic acids is 1. The van der Waals surface area contributed by atoms with Gasteiger partial charge in [0.1, 0.15) is 5.75 Å². The van der Waals surface area contributed by atoms with Gasteiger partial charge in [0.2, 0.25) is 0 Å². The zero-order valence-electron chi connectivity index (χ0n) is 8.87. The highest BCUT2D eigenvalue weighted by molar-refractivity contribution is 6.30. The number of carboxylic acids is 1. The van der Waals surface area contributed by atoms with Gasteiger partial charge >= 0.3 is 5.97 Å². The maximum atomic E-state index is 10.8. The summed E-state index contributed by atoms with van der Waals surface area (Å²) >= 11 is 5.80. The third-order valence-corrected chi connectivity index (χ3v) is 2.59. The lowest BCUT2D eigenvalue weighted by Crippen LogP contribution is -2.08. The number of hydrogen-bond donors (Lipinski definition) is 1. The van der Waals surface area contributed by atoms with Crippen LogP contribution in [-0.4, -0.2) is 18.2 Å². The summed E-state index contributed by atoms with van der Waals surface area (Å²) in [6.07, 6.45) is 0. The normalized spacial score (nSPS) is 12.3. The second-order valence-electron chi connectivity index (χ2n) is 3.40. The smallest absolute Gasteiger partial charge is 0.326 e. The Kier molecular flexibility index (Phi) is 3.58. The van der Waals surface area contributed by atoms with Crippen molar-refractivity contribution in [1.29, 1.82) is 0 Å². The molecule has 0 radical (unpaired) electrons. The van der Waals surface area contributed by atoms with E-state index in [1.807, 2.05) is 19.9 Å². The first-order chi connectivity index (χ1) is 6.97. The second kappa shape index (κ2) is 4.53. The fourth-order valence-electron chi connectivity index (χ4n) is 1.56. The topological polar surface area (TPSA) is 46.5 Å². The summed E-state index contributed by atoms with van der Waals surface area (Å²) in [5.41, 5.74) is 2.37. The molecule has 0 amide bonds. The van der Waals surface area contributed by atoms with E-state index in [0.29, 0.717) is 11.3 Å². The van der Waals surface area contributed by atoms with Crippen molar-refractivity contribution in [1.82, 2.24) is 0 Å². The Balaban J connectivity index is 3.32. The molecule has 1 aromatic rings. The van der Waals surface area contributed by atoms with Crippen LogP contribution in [0.2, 0.25) is 0 Å². The van der Waals surface area contributed by atoms with Crippen LogP contribution in [0.4, 0.5) is 0 Å². The van der Waals surface area contributed by atoms with Gasteiger partial charge in [0.05, 0.1) is 7.11 Å². The van der Waals surface area contributed by atoms with Gasteiger partial charge in [-0.15, -0.1) is 11.6 Å². The Labute approximate surface area is 93.6 Å². The highest BCUT2D eigenvalue weighted by Gasteiger charge is 2.22. The lowest BCUT2D eigenvalue weighted by Gasteiger charge is -2.14. The van der Waals surface area contributed by atoms with Gasteiger partial charge in [0.25, 0.3) is 0 Å². The quantitative estimate of drug-likeness (QED) is 0.810. The number of methoxy groups -OCH3 is 1. The Hall–Kier alpha value is -1.22. The monoisotopic (exact) mass is 228 g/mol. The highest BCUT2D eigenvalue weighted by Crippen LogP contribution is 2.33. The van der Waals surface area contributed by atoms with E-state index < -0.39 is 11.3 Å². The van der Waals surface area contributed by atoms with Crippen LogP contribution in [0, 0.1) is 13.8 Å². The molecule has 1 atom stereocenters. The van der Waals surface area contributed by atoms with Crippen LogP contribution in [0.3, 0.4) is 0 Å². The molecule has 1 unspecified atom stereocenters. The van der Waals surface area contributed by atoms with Crippen molar-refractivity contribution in [3.8, 4) is 5.75 Å². The number of aryl methyl sites for hydroxylation is 2. The number of carboxylic acid groups (broad SMARTS) is 1. The van der Waals surface area contributed by atoms with E-state index in [9.17, 15) is 4.79 Å². The number of carbonyl (C=O) groups is 1. The van der Waals surface area contributed by atoms with Crippen molar-refractivity contribution in [2.75, 3.05) is 7.11 Å². The molecule has 15 heavy (non-hydrogen) atoms. The van der Waals surface area contributed by atoms with Crippen molar-refractivity contribution in [2.45, 2.75) is 19.2 Å². The standard InChI is InChI=1S/C11H13ClO3/c1-6-4-7(2)9(8(5-6)15-3)10(12)11(13)14/h4-5,10H,1-3H3,(H,13,14). The maximum absolute atomic E-state index is 10.8. The summed E-state index contributed by atoms with van der Waals surface area (Å²) in [6, 6.07) is 3.66. The molecular formula is C11H13ClO3. The third-order valence-electron chi connectivity index (χ3n) is 2.18. The number of ether oxygens (including phenoxy) is 1. The van der Waals surface area contributed by atoms with Crippen LogP contribution in [0.1, 0.15) is 22.1 Å². The molecule has 1 rings (SSSR count). The maximum Gasteiger partial charge on any atom is 0.326 e. The van der Waals surface area contributed by atoms with Crippen LogP contribution in [-0.2, 0) is 4.79 Å². The average Bonchev–Trinajstić information content (AvgIpc) is 2.15. The predicted molar refractivity (Wildman–Crippen MR) is 58.7 cm³/mol. The van der Waals surface area contributed by atoms with Gasteiger partial charge in [-0.2, -0.15) is 0 Å². The van der Waals surface area contributed by atoms with Gasteiger partial charge in [-0.05, 0) is 31.0 Å². The van der Waals surface area contributed by atoms with E-state index in [1.165, 1.54) is 7.11 Å². The SMILES string of the molecule is COc1cc(C)cc(C)c1C(Cl)C(=O)O. The summed E-state index contributed by atoms with van der Waals surface area (Å²) < 4.78 is 5.13. The number of alkyl halides is 1. The Morgan fingerprint density at radius 2 is 2.07 bits per heavy atom. The van der Waals surface area contributed by atoms with Gasteiger partial charge in [0, 0.05) is 5.56 Å². The van der Waals surface area contributed by atoms with Crippen LogP contribution >= 0.6 is 11.6 Å². The molecule has 1 N–H and O–H groups in total. The van der Waals surface area contributed by atoms with E-state index in [4.69, 9.17) is 21.4 Å². The molecule has 0 bridgehead atoms. The first-order valence-corrected chi connectivity index (χ1v) is 4.93. The first-order valence-electron chi connectivity index (χ1n) is 4.49. The number of halogens is 1. The van der Waals surface area contributed by atoms with E-state index in [1.54, 1.807) is 6.07 Å². The zero-order valence-corrected chi connectivity index (χ0v) is 9.63. The van der Waals surface area contributed by atoms with Crippen LogP contribution in [0.5, 0.6) is 5.75 Å². The van der Waals surface area contributed by atoms with Crippen molar-refractivity contribution >= 4 is 17.6 Å². The summed E-state index contributed by atoms with van der Waals surface area (Å²) in [6.45, 7) is 3.74. The molecule has 4 heteroatoms. The zero-order chi connectivity index (χ0) is 11.6. The highest BCUT2D eigenvalue weighted by atomic mass is 35.5. The fourth-order valence-corrected chi connectivity index (χ4v) is 1.84. The average molecular weight is 229 g/mol. The van der Waals surface area contributed by atoms with E-state index in [2.05, 4.69) is 0 Å². The van der Waals surface area contributed by atoms with Crippen LogP contribution < -0.4 is 4.74 Å². The molecule has 0 spiro atoms. The first kappa shape index (κ1) is 11.9. The van der Waals surface area contributed by atoms with Crippen molar-refractivity contribution in [3.05, 3.63) is 28.8 Å². The summed E-state index contributed by atoms with van der Waals surface area (Å²) in [5, 5.41) is 7.79. The predicted octanol–water partition coefficient (Wildman–Crippen LogP) is 2.68. The van der Waals surface area contributed by atoms with Crippen molar-refractivity contribution < 1.29 is 14.6 Å². The second-order valence-corrected chi connectivity index (χ2v) is 3.83. The Morgan fingerprint density at radius 1 is 1.47 bits per heavy atom. The lowest BCUT2D eigenvalue weighted by molar-refractivity contribution is -0.136. The molecule has 82 valence electrons. The molecule has 0 fully saturated rings. The summed E-state index contributed by atoms with van der Waals surface area (Å²) in [5.74, 6) is -0.545. The number of rotatable bonds is 3. The Morgan fingerprint density at radius 3 is 2.53 bits per heavy atom. The molecular weight excluding hydrogens is 216 g/mol. The number of hydrogen-bond acceptors (Lipinski definition) is 2. The minimum absolute atomic E-state index is 0.523. The minimum Gasteiger partial charge on any atom is -0.496 e. The summed E-state index contributed by atoms with van der Waals surface area (Å²) in [4.78, 5) is 10.8. The van der Waals surface area contributed by atoms with Gasteiger partial charge < -0.3 is 9.84 Å². The van der Waals surface area contributed by atoms with Crippen molar-refractivity contribution in [3.63, 3.8) is 0 Å². The van der Waals surface area contributed by atoms with E-state index >= 15 is 0 Å². The van der Waals surface area contributed by atoms with Crippen LogP contribution in [0.25, 0.3) is 0 Å². The molecule has 0 aliphatic rings. The Bertz CT molecular complexity index is 388. The molecule has 1 aromatic carbocycles.